The van der Waals surface area contributed by atoms with Gasteiger partial charge in [0.1, 0.15) is 29.1 Å². The Hall–Kier alpha value is -3.27. The van der Waals surface area contributed by atoms with Gasteiger partial charge in [0.2, 0.25) is 0 Å². The molecule has 5 nitrogen and oxygen atoms in total. The van der Waals surface area contributed by atoms with Crippen molar-refractivity contribution >= 4 is 5.82 Å². The molecule has 0 aliphatic carbocycles. The highest BCUT2D eigenvalue weighted by molar-refractivity contribution is 5.80. The number of halogens is 2. The Kier molecular flexibility index (Phi) is 4.19. The molecule has 0 saturated carbocycles. The second kappa shape index (κ2) is 6.32. The molecular weight excluding hydrogens is 324 g/mol. The predicted octanol–water partition coefficient (Wildman–Crippen LogP) is 3.67. The molecule has 0 saturated heterocycles. The topological polar surface area (TPSA) is 80.5 Å². The standard InChI is InChI=1S/C18H15F2N5/c1-3-25-9-16(10(2)24-25)14-7-17(23-18(22)15(14)8-21)11-4-12(19)6-13(20)5-11/h4-7,9H,3H2,1-2H3,(H2,22,23). The first-order valence-electron chi connectivity index (χ1n) is 7.64. The van der Waals surface area contributed by atoms with Crippen LogP contribution in [-0.2, 0) is 6.54 Å². The third kappa shape index (κ3) is 3.06. The summed E-state index contributed by atoms with van der Waals surface area (Å²) in [6, 6.07) is 6.77. The molecule has 0 aliphatic rings. The molecule has 0 aliphatic heterocycles. The minimum absolute atomic E-state index is 0.00307. The number of aryl methyl sites for hydroxylation is 2. The van der Waals surface area contributed by atoms with Gasteiger partial charge in [-0.2, -0.15) is 10.4 Å². The van der Waals surface area contributed by atoms with Crippen molar-refractivity contribution in [2.75, 3.05) is 5.73 Å². The molecule has 1 aromatic carbocycles. The van der Waals surface area contributed by atoms with Crippen LogP contribution in [0.15, 0.2) is 30.5 Å². The summed E-state index contributed by atoms with van der Waals surface area (Å²) in [5.74, 6) is -1.42. The van der Waals surface area contributed by atoms with Crippen molar-refractivity contribution in [2.45, 2.75) is 20.4 Å². The maximum atomic E-state index is 13.5. The van der Waals surface area contributed by atoms with Gasteiger partial charge in [-0.1, -0.05) is 0 Å². The van der Waals surface area contributed by atoms with Gasteiger partial charge >= 0.3 is 0 Å². The van der Waals surface area contributed by atoms with Crippen LogP contribution in [0.5, 0.6) is 0 Å². The molecule has 0 radical (unpaired) electrons. The van der Waals surface area contributed by atoms with Gasteiger partial charge < -0.3 is 5.73 Å². The Morgan fingerprint density at radius 2 is 1.84 bits per heavy atom. The van der Waals surface area contributed by atoms with E-state index in [9.17, 15) is 14.0 Å². The molecule has 2 heterocycles. The van der Waals surface area contributed by atoms with Gasteiger partial charge in [0.25, 0.3) is 0 Å². The zero-order chi connectivity index (χ0) is 18.1. The van der Waals surface area contributed by atoms with Crippen molar-refractivity contribution in [2.24, 2.45) is 0 Å². The maximum absolute atomic E-state index is 13.5. The summed E-state index contributed by atoms with van der Waals surface area (Å²) in [4.78, 5) is 4.13. The quantitative estimate of drug-likeness (QED) is 0.789. The summed E-state index contributed by atoms with van der Waals surface area (Å²) < 4.78 is 28.8. The van der Waals surface area contributed by atoms with Crippen LogP contribution in [0, 0.1) is 29.9 Å². The third-order valence-electron chi connectivity index (χ3n) is 3.88. The Labute approximate surface area is 143 Å². The van der Waals surface area contributed by atoms with E-state index in [1.54, 1.807) is 16.9 Å². The van der Waals surface area contributed by atoms with Gasteiger partial charge in [0, 0.05) is 35.5 Å². The summed E-state index contributed by atoms with van der Waals surface area (Å²) in [5, 5.41) is 13.8. The molecule has 0 spiro atoms. The summed E-state index contributed by atoms with van der Waals surface area (Å²) in [5.41, 5.74) is 8.65. The number of anilines is 1. The molecule has 0 atom stereocenters. The molecule has 126 valence electrons. The lowest BCUT2D eigenvalue weighted by Crippen LogP contribution is -2.00. The van der Waals surface area contributed by atoms with Crippen LogP contribution in [0.2, 0.25) is 0 Å². The number of nitrogens with two attached hydrogens (primary N) is 1. The predicted molar refractivity (Wildman–Crippen MR) is 90.3 cm³/mol. The highest BCUT2D eigenvalue weighted by Crippen LogP contribution is 2.33. The Bertz CT molecular complexity index is 981. The van der Waals surface area contributed by atoms with Crippen LogP contribution < -0.4 is 5.73 Å². The van der Waals surface area contributed by atoms with Crippen molar-refractivity contribution in [1.29, 1.82) is 5.26 Å². The van der Waals surface area contributed by atoms with E-state index in [1.807, 2.05) is 19.9 Å². The van der Waals surface area contributed by atoms with E-state index in [4.69, 9.17) is 5.73 Å². The molecule has 0 unspecified atom stereocenters. The highest BCUT2D eigenvalue weighted by atomic mass is 19.1. The van der Waals surface area contributed by atoms with E-state index >= 15 is 0 Å². The summed E-state index contributed by atoms with van der Waals surface area (Å²) >= 11 is 0. The van der Waals surface area contributed by atoms with Crippen molar-refractivity contribution < 1.29 is 8.78 Å². The molecule has 7 heteroatoms. The largest absolute Gasteiger partial charge is 0.383 e. The lowest BCUT2D eigenvalue weighted by Gasteiger charge is -2.10. The Balaban J connectivity index is 2.26. The molecular formula is C18H15F2N5. The van der Waals surface area contributed by atoms with Crippen molar-refractivity contribution in [1.82, 2.24) is 14.8 Å². The average molecular weight is 339 g/mol. The van der Waals surface area contributed by atoms with Crippen molar-refractivity contribution in [3.05, 3.63) is 53.4 Å². The van der Waals surface area contributed by atoms with Gasteiger partial charge in [0.05, 0.1) is 11.4 Å². The van der Waals surface area contributed by atoms with Gasteiger partial charge in [-0.15, -0.1) is 0 Å². The van der Waals surface area contributed by atoms with Crippen LogP contribution in [0.25, 0.3) is 22.4 Å². The van der Waals surface area contributed by atoms with Crippen LogP contribution in [0.4, 0.5) is 14.6 Å². The number of hydrogen-bond acceptors (Lipinski definition) is 4. The molecule has 3 aromatic rings. The normalized spacial score (nSPS) is 10.7. The van der Waals surface area contributed by atoms with E-state index in [0.29, 0.717) is 12.1 Å². The van der Waals surface area contributed by atoms with Gasteiger partial charge in [-0.25, -0.2) is 13.8 Å². The van der Waals surface area contributed by atoms with E-state index in [0.717, 1.165) is 17.3 Å². The first-order valence-corrected chi connectivity index (χ1v) is 7.64. The summed E-state index contributed by atoms with van der Waals surface area (Å²) in [7, 11) is 0. The van der Waals surface area contributed by atoms with E-state index in [2.05, 4.69) is 10.1 Å². The number of hydrogen-bond donors (Lipinski definition) is 1. The Morgan fingerprint density at radius 3 is 2.40 bits per heavy atom. The fourth-order valence-corrected chi connectivity index (χ4v) is 2.69. The molecule has 25 heavy (non-hydrogen) atoms. The number of nitrogen functional groups attached to an aromatic ring is 1. The second-order valence-corrected chi connectivity index (χ2v) is 5.57. The molecule has 2 aromatic heterocycles. The first-order chi connectivity index (χ1) is 11.9. The maximum Gasteiger partial charge on any atom is 0.142 e. The molecule has 0 bridgehead atoms. The van der Waals surface area contributed by atoms with Crippen LogP contribution in [0.3, 0.4) is 0 Å². The lowest BCUT2D eigenvalue weighted by molar-refractivity contribution is 0.584. The van der Waals surface area contributed by atoms with Gasteiger partial charge in [0.15, 0.2) is 0 Å². The van der Waals surface area contributed by atoms with Gasteiger partial charge in [-0.05, 0) is 32.0 Å². The number of aromatic nitrogens is 3. The fourth-order valence-electron chi connectivity index (χ4n) is 2.69. The van der Waals surface area contributed by atoms with Crippen LogP contribution in [0.1, 0.15) is 18.2 Å². The average Bonchev–Trinajstić information content (AvgIpc) is 2.94. The minimum Gasteiger partial charge on any atom is -0.383 e. The third-order valence-corrected chi connectivity index (χ3v) is 3.88. The number of benzene rings is 1. The van der Waals surface area contributed by atoms with Gasteiger partial charge in [-0.3, -0.25) is 4.68 Å². The smallest absolute Gasteiger partial charge is 0.142 e. The number of nitriles is 1. The monoisotopic (exact) mass is 339 g/mol. The second-order valence-electron chi connectivity index (χ2n) is 5.57. The fraction of sp³-hybridized carbons (Fsp3) is 0.167. The molecule has 2 N–H and O–H groups in total. The SMILES string of the molecule is CCn1cc(-c2cc(-c3cc(F)cc(F)c3)nc(N)c2C#N)c(C)n1. The van der Waals surface area contributed by atoms with E-state index in [-0.39, 0.29) is 22.6 Å². The highest BCUT2D eigenvalue weighted by Gasteiger charge is 2.17. The summed E-state index contributed by atoms with van der Waals surface area (Å²) in [6.45, 7) is 4.44. The van der Waals surface area contributed by atoms with E-state index < -0.39 is 11.6 Å². The lowest BCUT2D eigenvalue weighted by atomic mass is 9.99. The number of pyridine rings is 1. The Morgan fingerprint density at radius 1 is 1.16 bits per heavy atom. The zero-order valence-electron chi connectivity index (χ0n) is 13.7. The molecule has 0 amide bonds. The van der Waals surface area contributed by atoms with Crippen molar-refractivity contribution in [3.8, 4) is 28.5 Å². The summed E-state index contributed by atoms with van der Waals surface area (Å²) in [6.07, 6.45) is 1.81. The first kappa shape index (κ1) is 16.6. The number of nitrogens with zero attached hydrogens (tertiary/aromatic N) is 4. The molecule has 3 rings (SSSR count). The van der Waals surface area contributed by atoms with E-state index in [1.165, 1.54) is 12.1 Å². The minimum atomic E-state index is -0.712. The van der Waals surface area contributed by atoms with Crippen LogP contribution >= 0.6 is 0 Å². The van der Waals surface area contributed by atoms with Crippen LogP contribution in [-0.4, -0.2) is 14.8 Å². The zero-order valence-corrected chi connectivity index (χ0v) is 13.7. The van der Waals surface area contributed by atoms with Crippen molar-refractivity contribution in [3.63, 3.8) is 0 Å². The number of rotatable bonds is 3. The molecule has 0 fully saturated rings.